The van der Waals surface area contributed by atoms with E-state index >= 15 is 0 Å². The van der Waals surface area contributed by atoms with Crippen LogP contribution < -0.4 is 10.6 Å². The number of nitrogens with zero attached hydrogens (tertiary/aromatic N) is 9. The first-order valence-corrected chi connectivity index (χ1v) is 31.4. The molecule has 0 spiro atoms. The third-order valence-electron chi connectivity index (χ3n) is 17.0. The van der Waals surface area contributed by atoms with Crippen molar-refractivity contribution in [1.82, 2.24) is 45.1 Å². The van der Waals surface area contributed by atoms with Crippen molar-refractivity contribution in [2.75, 3.05) is 78.5 Å². The van der Waals surface area contributed by atoms with Gasteiger partial charge in [0, 0.05) is 120 Å². The van der Waals surface area contributed by atoms with Crippen LogP contribution in [0.4, 0.5) is 18.4 Å². The number of thiazole rings is 2. The number of amides is 4. The van der Waals surface area contributed by atoms with Gasteiger partial charge in [-0.2, -0.15) is 0 Å². The molecule has 8 aliphatic rings. The number of hydrogen-bond donors (Lipinski definition) is 4. The largest absolute Gasteiger partial charge is 0.481 e. The highest BCUT2D eigenvalue weighted by Crippen LogP contribution is 2.45. The number of rotatable bonds is 15. The van der Waals surface area contributed by atoms with Crippen LogP contribution in [0, 0.1) is 22.5 Å². The molecule has 4 amide bonds. The minimum absolute atomic E-state index is 0. The predicted octanol–water partition coefficient (Wildman–Crippen LogP) is 9.15. The van der Waals surface area contributed by atoms with Crippen molar-refractivity contribution in [1.29, 1.82) is 0 Å². The molecule has 21 nitrogen and oxygen atoms in total. The summed E-state index contributed by atoms with van der Waals surface area (Å²) in [5.41, 5.74) is 1.19. The normalized spacial score (nSPS) is 22.8. The number of carbonyl (C=O) groups excluding carboxylic acids is 4. The average molecular weight is 1330 g/mol. The number of allylic oxidation sites excluding steroid dienone is 1. The van der Waals surface area contributed by atoms with Gasteiger partial charge in [0.15, 0.2) is 21.7 Å². The first-order chi connectivity index (χ1) is 40.9. The summed E-state index contributed by atoms with van der Waals surface area (Å²) in [6.07, 6.45) is 11.1. The molecule has 86 heavy (non-hydrogen) atoms. The van der Waals surface area contributed by atoms with Gasteiger partial charge in [-0.25, -0.2) is 37.9 Å². The number of carbonyl (C=O) groups is 6. The minimum atomic E-state index is -0.861. The highest BCUT2D eigenvalue weighted by atomic mass is 79.9. The van der Waals surface area contributed by atoms with Gasteiger partial charge in [-0.05, 0) is 69.2 Å². The third-order valence-corrected chi connectivity index (χ3v) is 19.7. The Labute approximate surface area is 522 Å². The molecule has 2 saturated carbocycles. The van der Waals surface area contributed by atoms with Crippen LogP contribution in [0.2, 0.25) is 10.0 Å². The van der Waals surface area contributed by atoms with E-state index in [1.807, 2.05) is 20.6 Å². The van der Waals surface area contributed by atoms with Gasteiger partial charge in [-0.3, -0.25) is 24.5 Å². The first-order valence-electron chi connectivity index (χ1n) is 27.7. The van der Waals surface area contributed by atoms with Crippen LogP contribution in [0.15, 0.2) is 92.1 Å². The molecule has 4 atom stereocenters. The Balaban J connectivity index is 0.000000170. The summed E-state index contributed by atoms with van der Waals surface area (Å²) in [6.45, 7) is 4.53. The summed E-state index contributed by atoms with van der Waals surface area (Å²) in [6, 6.07) is 6.54. The Morgan fingerprint density at radius 2 is 1.16 bits per heavy atom. The number of piperidine rings is 1. The number of aliphatic carboxylic acids is 2. The van der Waals surface area contributed by atoms with Crippen molar-refractivity contribution in [3.8, 4) is 0 Å². The SMILES string of the molecule is C.COC(=O)C1=C(CBr)NC(c2nccs2)=N[C@H]1c1ccc(F)cc1Cl.COC(=O)C1=C(CN2CCN3C(=O)N(CC4(C(=O)O)CCC4)C[C@@H]3C2)NC(c2nccs2)=N[C@H]1c1ccc(F)cc1Cl.O=C1N(CC2(C(=O)O)CCC2)C[C@@H]2CCCCN12. The van der Waals surface area contributed by atoms with E-state index < -0.39 is 58.4 Å². The molecule has 2 aromatic carbocycles. The number of halogens is 5. The molecule has 0 bridgehead atoms. The van der Waals surface area contributed by atoms with Gasteiger partial charge in [0.1, 0.15) is 23.7 Å². The monoisotopic (exact) mass is 1330 g/mol. The molecule has 2 aromatic heterocycles. The number of urea groups is 2. The minimum Gasteiger partial charge on any atom is -0.481 e. The number of nitrogens with one attached hydrogen (secondary N) is 2. The topological polar surface area (TPSA) is 252 Å². The summed E-state index contributed by atoms with van der Waals surface area (Å²) in [7, 11) is 2.59. The Morgan fingerprint density at radius 1 is 0.686 bits per heavy atom. The summed E-state index contributed by atoms with van der Waals surface area (Å²) in [5, 5.41) is 31.1. The van der Waals surface area contributed by atoms with Gasteiger partial charge in [-0.1, -0.05) is 71.5 Å². The molecule has 0 unspecified atom stereocenters. The number of piperazine rings is 1. The quantitative estimate of drug-likeness (QED) is 0.0640. The zero-order valence-corrected chi connectivity index (χ0v) is 51.1. The van der Waals surface area contributed by atoms with Crippen LogP contribution in [-0.4, -0.2) is 183 Å². The lowest BCUT2D eigenvalue weighted by Crippen LogP contribution is -2.53. The zero-order chi connectivity index (χ0) is 60.3. The van der Waals surface area contributed by atoms with Gasteiger partial charge in [0.05, 0.1) is 48.3 Å². The molecule has 4 aromatic rings. The smallest absolute Gasteiger partial charge is 0.338 e. The van der Waals surface area contributed by atoms with E-state index in [0.29, 0.717) is 113 Å². The van der Waals surface area contributed by atoms with Crippen molar-refractivity contribution in [2.45, 2.75) is 89.4 Å². The van der Waals surface area contributed by atoms with E-state index in [9.17, 15) is 47.8 Å². The summed E-state index contributed by atoms with van der Waals surface area (Å²) < 4.78 is 37.4. The number of amidine groups is 2. The number of fused-ring (bicyclic) bond motifs is 2. The summed E-state index contributed by atoms with van der Waals surface area (Å²) >= 11 is 18.8. The van der Waals surface area contributed by atoms with E-state index in [1.165, 1.54) is 79.7 Å². The molecule has 4 saturated heterocycles. The summed E-state index contributed by atoms with van der Waals surface area (Å²) in [4.78, 5) is 102. The Bertz CT molecular complexity index is 3370. The number of hydrogen-bond acceptors (Lipinski definition) is 17. The van der Waals surface area contributed by atoms with Crippen LogP contribution in [0.5, 0.6) is 0 Å². The maximum absolute atomic E-state index is 13.9. The van der Waals surface area contributed by atoms with Gasteiger partial charge in [0.25, 0.3) is 0 Å². The number of ether oxygens (including phenoxy) is 2. The number of aliphatic imine (C=N–C) groups is 2. The Hall–Kier alpha value is -6.58. The van der Waals surface area contributed by atoms with Crippen molar-refractivity contribution in [3.05, 3.63) is 125 Å². The number of esters is 2. The van der Waals surface area contributed by atoms with Crippen molar-refractivity contribution in [3.63, 3.8) is 0 Å². The fourth-order valence-corrected chi connectivity index (χ4v) is 14.3. The first kappa shape index (κ1) is 63.9. The van der Waals surface area contributed by atoms with Crippen molar-refractivity contribution in [2.24, 2.45) is 20.8 Å². The van der Waals surface area contributed by atoms with Crippen molar-refractivity contribution < 1.29 is 57.2 Å². The molecular weight excluding hydrogens is 1260 g/mol. The molecule has 12 rings (SSSR count). The zero-order valence-electron chi connectivity index (χ0n) is 46.4. The highest BCUT2D eigenvalue weighted by molar-refractivity contribution is 9.09. The van der Waals surface area contributed by atoms with E-state index in [-0.39, 0.29) is 47.7 Å². The lowest BCUT2D eigenvalue weighted by molar-refractivity contribution is -0.156. The van der Waals surface area contributed by atoms with Gasteiger partial charge < -0.3 is 49.9 Å². The second-order valence-corrected chi connectivity index (χ2v) is 25.2. The molecule has 6 fully saturated rings. The average Bonchev–Trinajstić information content (AvgIpc) is 1.81. The fraction of sp³-hybridized carbons (Fsp3) is 0.483. The highest BCUT2D eigenvalue weighted by Gasteiger charge is 2.51. The maximum Gasteiger partial charge on any atom is 0.338 e. The van der Waals surface area contributed by atoms with Crippen LogP contribution in [0.3, 0.4) is 0 Å². The van der Waals surface area contributed by atoms with E-state index in [0.717, 1.165) is 51.6 Å². The number of aromatic nitrogens is 2. The van der Waals surface area contributed by atoms with Crippen LogP contribution in [-0.2, 0) is 28.7 Å². The van der Waals surface area contributed by atoms with E-state index in [2.05, 4.69) is 46.4 Å². The van der Waals surface area contributed by atoms with Gasteiger partial charge >= 0.3 is 35.9 Å². The second-order valence-electron chi connectivity index (χ2n) is 22.0. The molecule has 6 aliphatic heterocycles. The van der Waals surface area contributed by atoms with Gasteiger partial charge in [-0.15, -0.1) is 22.7 Å². The fourth-order valence-electron chi connectivity index (χ4n) is 12.2. The number of methoxy groups -OCH3 is 2. The van der Waals surface area contributed by atoms with Crippen LogP contribution in [0.25, 0.3) is 0 Å². The Kier molecular flexibility index (Phi) is 20.2. The summed E-state index contributed by atoms with van der Waals surface area (Å²) in [5.74, 6) is -2.69. The molecule has 460 valence electrons. The number of benzene rings is 2. The molecule has 8 heterocycles. The van der Waals surface area contributed by atoms with E-state index in [4.69, 9.17) is 37.7 Å². The number of carboxylic acid groups (broad SMARTS) is 2. The predicted molar refractivity (Wildman–Crippen MR) is 324 cm³/mol. The molecule has 4 N–H and O–H groups in total. The third kappa shape index (κ3) is 13.2. The number of alkyl halides is 1. The lowest BCUT2D eigenvalue weighted by atomic mass is 9.68. The molecule has 0 radical (unpaired) electrons. The lowest BCUT2D eigenvalue weighted by Gasteiger charge is -2.40. The van der Waals surface area contributed by atoms with Crippen LogP contribution >= 0.6 is 61.8 Å². The van der Waals surface area contributed by atoms with E-state index in [1.54, 1.807) is 22.2 Å². The van der Waals surface area contributed by atoms with Crippen LogP contribution in [0.1, 0.15) is 98.4 Å². The molecule has 2 aliphatic carbocycles. The van der Waals surface area contributed by atoms with Gasteiger partial charge in [0.2, 0.25) is 0 Å². The van der Waals surface area contributed by atoms with Crippen molar-refractivity contribution >= 4 is 109 Å². The number of carboxylic acids is 2. The Morgan fingerprint density at radius 3 is 1.58 bits per heavy atom. The molecular formula is C58H66BrCl2F2N11O10S2. The standard InChI is InChI=1S/C28H30ClFN6O5S.C16H12BrClFN3O2S.C13H20N2O3.CH4/c1-41-25(37)21-20(32-23(24-31-7-10-42-24)33-22(21)18-4-3-16(30)11-19(18)29)14-34-8-9-36-17(12-34)13-35(27(36)40)15-28(26(38)39)5-2-6-28;1-24-16(23)12-11(7-17)21-14(15-20-4-5-25-15)22-13(12)9-3-2-8(19)6-10(9)18;16-11(17)13(5-3-6-13)9-14-8-10-4-1-2-7-15(10)12(14)18;/h3-4,7,10-11,17,22H,2,5-6,8-9,12-15H2,1H3,(H,32,33)(H,38,39);2-6,13H,7H2,1H3,(H,21,22);10H,1-9H2,(H,16,17);1H4/t17-,22-;13-;10-;/m000./s1. The maximum atomic E-state index is 13.9. The second kappa shape index (κ2) is 27.2. The molecule has 28 heteroatoms.